The van der Waals surface area contributed by atoms with Crippen LogP contribution in [-0.4, -0.2) is 38.8 Å². The van der Waals surface area contributed by atoms with Gasteiger partial charge in [0.2, 0.25) is 0 Å². The molecule has 0 saturated carbocycles. The molecule has 1 aliphatic rings. The first-order valence-corrected chi connectivity index (χ1v) is 8.11. The first kappa shape index (κ1) is 16.8. The normalized spacial score (nSPS) is 13.8. The van der Waals surface area contributed by atoms with Gasteiger partial charge in [-0.15, -0.1) is 0 Å². The molecule has 0 spiro atoms. The third-order valence-corrected chi connectivity index (χ3v) is 3.89. The predicted octanol–water partition coefficient (Wildman–Crippen LogP) is 2.41. The second kappa shape index (κ2) is 8.18. The fourth-order valence-corrected chi connectivity index (χ4v) is 2.60. The van der Waals surface area contributed by atoms with Crippen molar-refractivity contribution in [3.63, 3.8) is 0 Å². The molecule has 1 N–H and O–H groups in total. The first-order chi connectivity index (χ1) is 12.3. The average molecular weight is 337 g/mol. The maximum Gasteiger partial charge on any atom is 0.262 e. The Hall–Kier alpha value is -3.04. The van der Waals surface area contributed by atoms with Crippen LogP contribution < -0.4 is 15.0 Å². The molecule has 0 bridgehead atoms. The number of carbonyl (C=O) groups is 1. The van der Waals surface area contributed by atoms with Crippen LogP contribution in [-0.2, 0) is 9.53 Å². The molecule has 128 valence electrons. The van der Waals surface area contributed by atoms with Crippen molar-refractivity contribution < 1.29 is 14.3 Å². The molecular weight excluding hydrogens is 318 g/mol. The minimum Gasteiger partial charge on any atom is -0.482 e. The van der Waals surface area contributed by atoms with Gasteiger partial charge in [0.05, 0.1) is 18.8 Å². The number of nitriles is 1. The number of nitrogens with one attached hydrogen (secondary N) is 1. The Labute approximate surface area is 146 Å². The van der Waals surface area contributed by atoms with Gasteiger partial charge in [-0.05, 0) is 36.4 Å². The summed E-state index contributed by atoms with van der Waals surface area (Å²) < 4.78 is 10.8. The lowest BCUT2D eigenvalue weighted by molar-refractivity contribution is -0.118. The standard InChI is InChI=1S/C19H19N3O3/c20-13-15-3-1-2-4-18(15)25-14-19(23)21-16-5-7-17(8-6-16)22-9-11-24-12-10-22/h1-8H,9-12,14H2,(H,21,23). The SMILES string of the molecule is N#Cc1ccccc1OCC(=O)Nc1ccc(N2CCOCC2)cc1. The van der Waals surface area contributed by atoms with Crippen LogP contribution in [0.2, 0.25) is 0 Å². The molecular formula is C19H19N3O3. The Morgan fingerprint density at radius 3 is 2.60 bits per heavy atom. The van der Waals surface area contributed by atoms with Crippen molar-refractivity contribution in [1.82, 2.24) is 0 Å². The van der Waals surface area contributed by atoms with Gasteiger partial charge in [-0.2, -0.15) is 5.26 Å². The highest BCUT2D eigenvalue weighted by atomic mass is 16.5. The van der Waals surface area contributed by atoms with E-state index in [1.165, 1.54) is 0 Å². The van der Waals surface area contributed by atoms with Gasteiger partial charge in [-0.3, -0.25) is 4.79 Å². The maximum atomic E-state index is 12.0. The molecule has 0 aliphatic carbocycles. The zero-order chi connectivity index (χ0) is 17.5. The number of para-hydroxylation sites is 1. The number of hydrogen-bond donors (Lipinski definition) is 1. The minimum absolute atomic E-state index is 0.149. The number of anilines is 2. The Bertz CT molecular complexity index is 762. The van der Waals surface area contributed by atoms with E-state index in [-0.39, 0.29) is 12.5 Å². The van der Waals surface area contributed by atoms with E-state index in [9.17, 15) is 4.79 Å². The number of amides is 1. The van der Waals surface area contributed by atoms with Crippen LogP contribution in [0.25, 0.3) is 0 Å². The molecule has 0 aromatic heterocycles. The van der Waals surface area contributed by atoms with Crippen molar-refractivity contribution in [2.45, 2.75) is 0 Å². The molecule has 2 aromatic carbocycles. The lowest BCUT2D eigenvalue weighted by Crippen LogP contribution is -2.36. The number of nitrogens with zero attached hydrogens (tertiary/aromatic N) is 2. The summed E-state index contributed by atoms with van der Waals surface area (Å²) in [5, 5.41) is 11.8. The zero-order valence-corrected chi connectivity index (χ0v) is 13.8. The van der Waals surface area contributed by atoms with Crippen LogP contribution >= 0.6 is 0 Å². The Kier molecular flexibility index (Phi) is 5.50. The van der Waals surface area contributed by atoms with Crippen LogP contribution in [0.5, 0.6) is 5.75 Å². The number of ether oxygens (including phenoxy) is 2. The highest BCUT2D eigenvalue weighted by Crippen LogP contribution is 2.19. The lowest BCUT2D eigenvalue weighted by atomic mass is 10.2. The molecule has 6 nitrogen and oxygen atoms in total. The number of benzene rings is 2. The molecule has 2 aromatic rings. The third kappa shape index (κ3) is 4.49. The minimum atomic E-state index is -0.271. The van der Waals surface area contributed by atoms with E-state index in [4.69, 9.17) is 14.7 Å². The molecule has 0 unspecified atom stereocenters. The van der Waals surface area contributed by atoms with Crippen molar-refractivity contribution in [2.24, 2.45) is 0 Å². The lowest BCUT2D eigenvalue weighted by Gasteiger charge is -2.28. The Balaban J connectivity index is 1.53. The predicted molar refractivity (Wildman–Crippen MR) is 94.8 cm³/mol. The summed E-state index contributed by atoms with van der Waals surface area (Å²) in [6.07, 6.45) is 0. The highest BCUT2D eigenvalue weighted by Gasteiger charge is 2.11. The van der Waals surface area contributed by atoms with Gasteiger partial charge in [-0.25, -0.2) is 0 Å². The van der Waals surface area contributed by atoms with Crippen LogP contribution in [0.3, 0.4) is 0 Å². The molecule has 0 radical (unpaired) electrons. The van der Waals surface area contributed by atoms with E-state index in [0.29, 0.717) is 17.0 Å². The quantitative estimate of drug-likeness (QED) is 0.907. The van der Waals surface area contributed by atoms with Gasteiger partial charge in [0.15, 0.2) is 6.61 Å². The number of carbonyl (C=O) groups excluding carboxylic acids is 1. The Morgan fingerprint density at radius 1 is 1.16 bits per heavy atom. The number of morpholine rings is 1. The monoisotopic (exact) mass is 337 g/mol. The molecule has 6 heteroatoms. The van der Waals surface area contributed by atoms with Gasteiger partial charge >= 0.3 is 0 Å². The van der Waals surface area contributed by atoms with E-state index >= 15 is 0 Å². The van der Waals surface area contributed by atoms with Crippen molar-refractivity contribution in [2.75, 3.05) is 43.1 Å². The fraction of sp³-hybridized carbons (Fsp3) is 0.263. The first-order valence-electron chi connectivity index (χ1n) is 8.11. The zero-order valence-electron chi connectivity index (χ0n) is 13.8. The Morgan fingerprint density at radius 2 is 1.88 bits per heavy atom. The second-order valence-corrected chi connectivity index (χ2v) is 5.59. The van der Waals surface area contributed by atoms with Crippen molar-refractivity contribution in [3.8, 4) is 11.8 Å². The molecule has 1 aliphatic heterocycles. The van der Waals surface area contributed by atoms with Crippen molar-refractivity contribution in [1.29, 1.82) is 5.26 Å². The van der Waals surface area contributed by atoms with Crippen molar-refractivity contribution in [3.05, 3.63) is 54.1 Å². The van der Waals surface area contributed by atoms with E-state index in [2.05, 4.69) is 10.2 Å². The summed E-state index contributed by atoms with van der Waals surface area (Å²) in [5.41, 5.74) is 2.23. The second-order valence-electron chi connectivity index (χ2n) is 5.59. The van der Waals surface area contributed by atoms with Crippen LogP contribution in [0.1, 0.15) is 5.56 Å². The molecule has 3 rings (SSSR count). The average Bonchev–Trinajstić information content (AvgIpc) is 2.68. The van der Waals surface area contributed by atoms with Crippen molar-refractivity contribution >= 4 is 17.3 Å². The third-order valence-electron chi connectivity index (χ3n) is 3.89. The molecule has 25 heavy (non-hydrogen) atoms. The maximum absolute atomic E-state index is 12.0. The topological polar surface area (TPSA) is 74.6 Å². The van der Waals surface area contributed by atoms with Gasteiger partial charge in [-0.1, -0.05) is 12.1 Å². The fourth-order valence-electron chi connectivity index (χ4n) is 2.60. The molecule has 1 saturated heterocycles. The summed E-state index contributed by atoms with van der Waals surface area (Å²) in [6, 6.07) is 16.6. The van der Waals surface area contributed by atoms with E-state index in [1.807, 2.05) is 30.3 Å². The summed E-state index contributed by atoms with van der Waals surface area (Å²) in [7, 11) is 0. The summed E-state index contributed by atoms with van der Waals surface area (Å²) >= 11 is 0. The van der Waals surface area contributed by atoms with Gasteiger partial charge in [0, 0.05) is 24.5 Å². The van der Waals surface area contributed by atoms with Crippen LogP contribution in [0.4, 0.5) is 11.4 Å². The number of rotatable bonds is 5. The highest BCUT2D eigenvalue weighted by molar-refractivity contribution is 5.92. The molecule has 1 amide bonds. The number of hydrogen-bond acceptors (Lipinski definition) is 5. The van der Waals surface area contributed by atoms with E-state index < -0.39 is 0 Å². The molecule has 1 heterocycles. The van der Waals surface area contributed by atoms with Gasteiger partial charge in [0.1, 0.15) is 11.8 Å². The van der Waals surface area contributed by atoms with Gasteiger partial charge < -0.3 is 19.7 Å². The van der Waals surface area contributed by atoms with Crippen LogP contribution in [0, 0.1) is 11.3 Å². The van der Waals surface area contributed by atoms with Crippen LogP contribution in [0.15, 0.2) is 48.5 Å². The summed E-state index contributed by atoms with van der Waals surface area (Å²) in [6.45, 7) is 3.07. The van der Waals surface area contributed by atoms with E-state index in [0.717, 1.165) is 32.0 Å². The summed E-state index contributed by atoms with van der Waals surface area (Å²) in [4.78, 5) is 14.3. The molecule has 0 atom stereocenters. The van der Waals surface area contributed by atoms with E-state index in [1.54, 1.807) is 24.3 Å². The largest absolute Gasteiger partial charge is 0.482 e. The molecule has 1 fully saturated rings. The summed E-state index contributed by atoms with van der Waals surface area (Å²) in [5.74, 6) is 0.134. The van der Waals surface area contributed by atoms with Gasteiger partial charge in [0.25, 0.3) is 5.91 Å². The smallest absolute Gasteiger partial charge is 0.262 e.